The second-order valence-corrected chi connectivity index (χ2v) is 9.85. The number of para-hydroxylation sites is 1. The number of piperazine rings is 1. The lowest BCUT2D eigenvalue weighted by atomic mass is 10.3. The fourth-order valence-electron chi connectivity index (χ4n) is 2.84. The highest BCUT2D eigenvalue weighted by Gasteiger charge is 2.28. The molecule has 0 unspecified atom stereocenters. The highest BCUT2D eigenvalue weighted by atomic mass is 32.2. The molecule has 27 heavy (non-hydrogen) atoms. The third-order valence-corrected chi connectivity index (χ3v) is 7.38. The van der Waals surface area contributed by atoms with Crippen molar-refractivity contribution < 1.29 is 21.0 Å². The first-order chi connectivity index (χ1) is 12.9. The van der Waals surface area contributed by atoms with Crippen LogP contribution in [0.5, 0.6) is 5.75 Å². The zero-order valence-electron chi connectivity index (χ0n) is 14.8. The summed E-state index contributed by atoms with van der Waals surface area (Å²) in [4.78, 5) is 2.21. The van der Waals surface area contributed by atoms with Gasteiger partial charge in [-0.1, -0.05) is 36.4 Å². The highest BCUT2D eigenvalue weighted by molar-refractivity contribution is 7.89. The van der Waals surface area contributed by atoms with Crippen LogP contribution in [0.1, 0.15) is 0 Å². The van der Waals surface area contributed by atoms with E-state index in [9.17, 15) is 16.8 Å². The van der Waals surface area contributed by atoms with Crippen molar-refractivity contribution in [3.63, 3.8) is 0 Å². The average Bonchev–Trinajstić information content (AvgIpc) is 2.68. The molecule has 0 atom stereocenters. The van der Waals surface area contributed by atoms with Gasteiger partial charge in [-0.2, -0.15) is 12.7 Å². The van der Waals surface area contributed by atoms with Crippen LogP contribution in [-0.4, -0.2) is 64.5 Å². The molecule has 1 saturated heterocycles. The lowest BCUT2D eigenvalue weighted by molar-refractivity contribution is 0.196. The smallest absolute Gasteiger partial charge is 0.310 e. The van der Waals surface area contributed by atoms with Gasteiger partial charge in [-0.25, -0.2) is 8.42 Å². The number of sulfonamides is 1. The standard InChI is InChI=1S/C18H22N2O5S2/c21-26(22,25-17-7-3-1-4-8-17)16-15-19-11-13-20(14-12-19)27(23,24)18-9-5-2-6-10-18/h1-10H,11-16H2. The predicted octanol–water partition coefficient (Wildman–Crippen LogP) is 1.40. The molecule has 0 spiro atoms. The molecule has 7 nitrogen and oxygen atoms in total. The Kier molecular flexibility index (Phi) is 6.15. The van der Waals surface area contributed by atoms with Gasteiger partial charge in [0.15, 0.2) is 0 Å². The number of benzene rings is 2. The molecule has 2 aromatic rings. The van der Waals surface area contributed by atoms with Crippen LogP contribution < -0.4 is 4.18 Å². The summed E-state index contributed by atoms with van der Waals surface area (Å²) in [7, 11) is -7.20. The Morgan fingerprint density at radius 1 is 0.778 bits per heavy atom. The van der Waals surface area contributed by atoms with Crippen LogP contribution in [0.25, 0.3) is 0 Å². The number of rotatable bonds is 7. The first-order valence-electron chi connectivity index (χ1n) is 8.62. The van der Waals surface area contributed by atoms with Crippen LogP contribution in [0.15, 0.2) is 65.6 Å². The number of nitrogens with zero attached hydrogens (tertiary/aromatic N) is 2. The zero-order chi connectivity index (χ0) is 19.3. The van der Waals surface area contributed by atoms with Crippen LogP contribution in [0, 0.1) is 0 Å². The summed E-state index contributed by atoms with van der Waals surface area (Å²) in [5.41, 5.74) is 0. The maximum Gasteiger partial charge on any atom is 0.310 e. The lowest BCUT2D eigenvalue weighted by Crippen LogP contribution is -2.49. The molecule has 0 N–H and O–H groups in total. The first kappa shape index (κ1) is 19.8. The normalized spacial score (nSPS) is 16.9. The van der Waals surface area contributed by atoms with E-state index in [1.165, 1.54) is 4.31 Å². The summed E-state index contributed by atoms with van der Waals surface area (Å²) in [6, 6.07) is 16.7. The van der Waals surface area contributed by atoms with Gasteiger partial charge in [-0.05, 0) is 24.3 Å². The van der Waals surface area contributed by atoms with Crippen molar-refractivity contribution in [3.8, 4) is 5.75 Å². The monoisotopic (exact) mass is 410 g/mol. The highest BCUT2D eigenvalue weighted by Crippen LogP contribution is 2.17. The topological polar surface area (TPSA) is 84.0 Å². The van der Waals surface area contributed by atoms with Gasteiger partial charge in [0.25, 0.3) is 0 Å². The molecule has 9 heteroatoms. The summed E-state index contributed by atoms with van der Waals surface area (Å²) in [6.07, 6.45) is 0. The molecule has 0 aliphatic carbocycles. The van der Waals surface area contributed by atoms with E-state index < -0.39 is 20.1 Å². The Balaban J connectivity index is 1.51. The largest absolute Gasteiger partial charge is 0.382 e. The molecule has 0 amide bonds. The van der Waals surface area contributed by atoms with E-state index in [4.69, 9.17) is 4.18 Å². The molecular formula is C18H22N2O5S2. The molecule has 0 aromatic heterocycles. The van der Waals surface area contributed by atoms with Crippen molar-refractivity contribution in [1.29, 1.82) is 0 Å². The molecule has 2 aromatic carbocycles. The van der Waals surface area contributed by atoms with Crippen LogP contribution >= 0.6 is 0 Å². The quantitative estimate of drug-likeness (QED) is 0.642. The minimum absolute atomic E-state index is 0.146. The SMILES string of the molecule is O=S(=O)(CCN1CCN(S(=O)(=O)c2ccccc2)CC1)Oc1ccccc1. The zero-order valence-corrected chi connectivity index (χ0v) is 16.4. The predicted molar refractivity (Wildman–Crippen MR) is 102 cm³/mol. The van der Waals surface area contributed by atoms with Gasteiger partial charge in [-0.15, -0.1) is 0 Å². The molecule has 3 rings (SSSR count). The van der Waals surface area contributed by atoms with Gasteiger partial charge in [0.1, 0.15) is 5.75 Å². The van der Waals surface area contributed by atoms with E-state index in [0.717, 1.165) is 0 Å². The number of hydrogen-bond acceptors (Lipinski definition) is 6. The molecule has 0 saturated carbocycles. The molecular weight excluding hydrogens is 388 g/mol. The Hall–Kier alpha value is -1.94. The Morgan fingerprint density at radius 2 is 1.33 bits per heavy atom. The summed E-state index contributed by atoms with van der Waals surface area (Å²) < 4.78 is 55.9. The van der Waals surface area contributed by atoms with E-state index in [0.29, 0.717) is 32.7 Å². The lowest BCUT2D eigenvalue weighted by Gasteiger charge is -2.33. The molecule has 1 fully saturated rings. The molecule has 1 aliphatic heterocycles. The fraction of sp³-hybridized carbons (Fsp3) is 0.333. The van der Waals surface area contributed by atoms with Crippen molar-refractivity contribution in [1.82, 2.24) is 9.21 Å². The third kappa shape index (κ3) is 5.29. The number of hydrogen-bond donors (Lipinski definition) is 0. The Morgan fingerprint density at radius 3 is 1.93 bits per heavy atom. The van der Waals surface area contributed by atoms with Crippen molar-refractivity contribution >= 4 is 20.1 Å². The van der Waals surface area contributed by atoms with Gasteiger partial charge in [-0.3, -0.25) is 4.90 Å². The van der Waals surface area contributed by atoms with Gasteiger partial charge in [0.05, 0.1) is 10.6 Å². The van der Waals surface area contributed by atoms with Gasteiger partial charge in [0.2, 0.25) is 10.0 Å². The van der Waals surface area contributed by atoms with Crippen molar-refractivity contribution in [2.45, 2.75) is 4.90 Å². The molecule has 1 heterocycles. The van der Waals surface area contributed by atoms with Gasteiger partial charge in [0, 0.05) is 32.7 Å². The minimum Gasteiger partial charge on any atom is -0.382 e. The van der Waals surface area contributed by atoms with Crippen LogP contribution in [0.3, 0.4) is 0 Å². The van der Waals surface area contributed by atoms with Crippen molar-refractivity contribution in [2.75, 3.05) is 38.5 Å². The van der Waals surface area contributed by atoms with Gasteiger partial charge >= 0.3 is 10.1 Å². The Bertz CT molecular complexity index is 940. The second-order valence-electron chi connectivity index (χ2n) is 6.22. The van der Waals surface area contributed by atoms with Crippen molar-refractivity contribution in [3.05, 3.63) is 60.7 Å². The first-order valence-corrected chi connectivity index (χ1v) is 11.6. The Labute approximate surface area is 160 Å². The molecule has 1 aliphatic rings. The summed E-state index contributed by atoms with van der Waals surface area (Å²) in [6.45, 7) is 1.92. The van der Waals surface area contributed by atoms with Crippen LogP contribution in [0.4, 0.5) is 0 Å². The molecule has 0 bridgehead atoms. The van der Waals surface area contributed by atoms with Crippen molar-refractivity contribution in [2.24, 2.45) is 0 Å². The summed E-state index contributed by atoms with van der Waals surface area (Å²) >= 11 is 0. The van der Waals surface area contributed by atoms with E-state index in [1.54, 1.807) is 60.7 Å². The van der Waals surface area contributed by atoms with E-state index >= 15 is 0 Å². The van der Waals surface area contributed by atoms with E-state index in [-0.39, 0.29) is 16.4 Å². The third-order valence-electron chi connectivity index (χ3n) is 4.34. The van der Waals surface area contributed by atoms with Crippen LogP contribution in [0.2, 0.25) is 0 Å². The van der Waals surface area contributed by atoms with Gasteiger partial charge < -0.3 is 4.18 Å². The maximum atomic E-state index is 12.6. The molecule has 0 radical (unpaired) electrons. The average molecular weight is 411 g/mol. The maximum absolute atomic E-state index is 12.6. The van der Waals surface area contributed by atoms with Crippen LogP contribution in [-0.2, 0) is 20.1 Å². The van der Waals surface area contributed by atoms with E-state index in [1.807, 2.05) is 4.90 Å². The minimum atomic E-state index is -3.69. The fourth-order valence-corrected chi connectivity index (χ4v) is 5.25. The summed E-state index contributed by atoms with van der Waals surface area (Å²) in [5.74, 6) is 0.143. The molecule has 146 valence electrons. The summed E-state index contributed by atoms with van der Waals surface area (Å²) in [5, 5.41) is 0. The second kappa shape index (κ2) is 8.39. The van der Waals surface area contributed by atoms with E-state index in [2.05, 4.69) is 0 Å².